The lowest BCUT2D eigenvalue weighted by molar-refractivity contribution is -0.155. The van der Waals surface area contributed by atoms with Crippen LogP contribution in [0.15, 0.2) is 5.11 Å². The second-order valence-electron chi connectivity index (χ2n) is 12.8. The van der Waals surface area contributed by atoms with E-state index in [1.165, 1.54) is 44.9 Å². The van der Waals surface area contributed by atoms with E-state index in [2.05, 4.69) is 44.6 Å². The van der Waals surface area contributed by atoms with E-state index in [0.717, 1.165) is 49.4 Å². The number of nitrogens with zero attached hydrogens (tertiary/aromatic N) is 3. The molecule has 0 aromatic rings. The molecule has 0 aromatic heterocycles. The predicted molar refractivity (Wildman–Crippen MR) is 126 cm³/mol. The molecule has 31 heavy (non-hydrogen) atoms. The third-order valence-corrected chi connectivity index (χ3v) is 10.8. The summed E-state index contributed by atoms with van der Waals surface area (Å²) in [6.45, 7) is 12.2. The minimum Gasteiger partial charge on any atom is -0.299 e. The molecule has 2 unspecified atom stereocenters. The molecule has 0 amide bonds. The molecular formula is C27H45N3O. The van der Waals surface area contributed by atoms with Crippen LogP contribution in [-0.2, 0) is 4.79 Å². The minimum absolute atomic E-state index is 0.0278. The summed E-state index contributed by atoms with van der Waals surface area (Å²) in [5.41, 5.74) is 9.45. The van der Waals surface area contributed by atoms with E-state index in [4.69, 9.17) is 5.53 Å². The van der Waals surface area contributed by atoms with Crippen molar-refractivity contribution in [1.29, 1.82) is 0 Å². The van der Waals surface area contributed by atoms with Crippen molar-refractivity contribution in [3.63, 3.8) is 0 Å². The third-order valence-electron chi connectivity index (χ3n) is 10.8. The van der Waals surface area contributed by atoms with E-state index < -0.39 is 0 Å². The molecule has 4 aliphatic rings. The summed E-state index contributed by atoms with van der Waals surface area (Å²) >= 11 is 0. The van der Waals surface area contributed by atoms with Crippen LogP contribution in [0.3, 0.4) is 0 Å². The normalized spacial score (nSPS) is 45.4. The van der Waals surface area contributed by atoms with Gasteiger partial charge < -0.3 is 0 Å². The maximum atomic E-state index is 13.4. The van der Waals surface area contributed by atoms with Crippen LogP contribution in [0.2, 0.25) is 0 Å². The van der Waals surface area contributed by atoms with Crippen molar-refractivity contribution in [2.45, 2.75) is 111 Å². The van der Waals surface area contributed by atoms with Gasteiger partial charge in [0.2, 0.25) is 0 Å². The monoisotopic (exact) mass is 427 g/mol. The first-order valence-corrected chi connectivity index (χ1v) is 13.3. The summed E-state index contributed by atoms with van der Waals surface area (Å²) in [5, 5.41) is 4.00. The van der Waals surface area contributed by atoms with Crippen LogP contribution in [-0.4, -0.2) is 11.8 Å². The van der Waals surface area contributed by atoms with Crippen LogP contribution in [0.25, 0.3) is 10.4 Å². The number of Topliss-reactive ketones (excluding diaryl/α,β-unsaturated/α-hetero) is 1. The van der Waals surface area contributed by atoms with Crippen LogP contribution < -0.4 is 0 Å². The first kappa shape index (κ1) is 23.1. The Morgan fingerprint density at radius 1 is 1.03 bits per heavy atom. The van der Waals surface area contributed by atoms with E-state index in [1.807, 2.05) is 0 Å². The van der Waals surface area contributed by atoms with Gasteiger partial charge in [0.1, 0.15) is 5.78 Å². The summed E-state index contributed by atoms with van der Waals surface area (Å²) in [6.07, 6.45) is 13.1. The molecule has 0 aliphatic heterocycles. The zero-order chi connectivity index (χ0) is 22.4. The van der Waals surface area contributed by atoms with Gasteiger partial charge >= 0.3 is 0 Å². The SMILES string of the molecule is CC(C)CCC[C@@H](C)[C@H]1CC[C@H]2[C@@H]3CC(=O)C4CC(N=[N+]=[N-])CC[C@]4(C)[C@H]3CC[C@]12C. The Balaban J connectivity index is 1.50. The van der Waals surface area contributed by atoms with Gasteiger partial charge in [0.05, 0.1) is 0 Å². The van der Waals surface area contributed by atoms with Crippen molar-refractivity contribution in [1.82, 2.24) is 0 Å². The van der Waals surface area contributed by atoms with Crippen molar-refractivity contribution in [3.8, 4) is 0 Å². The predicted octanol–water partition coefficient (Wildman–Crippen LogP) is 7.97. The van der Waals surface area contributed by atoms with Gasteiger partial charge in [-0.15, -0.1) is 0 Å². The molecule has 0 heterocycles. The highest BCUT2D eigenvalue weighted by molar-refractivity contribution is 5.83. The third kappa shape index (κ3) is 3.96. The molecule has 0 bridgehead atoms. The number of hydrogen-bond donors (Lipinski definition) is 0. The molecule has 0 N–H and O–H groups in total. The lowest BCUT2D eigenvalue weighted by Crippen LogP contribution is -2.57. The molecule has 9 atom stereocenters. The highest BCUT2D eigenvalue weighted by Gasteiger charge is 2.62. The molecule has 4 aliphatic carbocycles. The lowest BCUT2D eigenvalue weighted by atomic mass is 9.44. The van der Waals surface area contributed by atoms with Crippen LogP contribution in [0, 0.1) is 52.3 Å². The van der Waals surface area contributed by atoms with E-state index >= 15 is 0 Å². The average Bonchev–Trinajstić information content (AvgIpc) is 3.06. The van der Waals surface area contributed by atoms with Crippen molar-refractivity contribution >= 4 is 5.78 Å². The molecule has 4 fully saturated rings. The highest BCUT2D eigenvalue weighted by atomic mass is 16.1. The maximum Gasteiger partial charge on any atom is 0.136 e. The fraction of sp³-hybridized carbons (Fsp3) is 0.963. The zero-order valence-corrected chi connectivity index (χ0v) is 20.6. The summed E-state index contributed by atoms with van der Waals surface area (Å²) in [6, 6.07) is 0.0278. The van der Waals surface area contributed by atoms with Crippen molar-refractivity contribution in [3.05, 3.63) is 10.4 Å². The van der Waals surface area contributed by atoms with E-state index in [9.17, 15) is 4.79 Å². The number of ketones is 1. The van der Waals surface area contributed by atoms with Gasteiger partial charge in [-0.3, -0.25) is 4.79 Å². The average molecular weight is 428 g/mol. The topological polar surface area (TPSA) is 65.8 Å². The quantitative estimate of drug-likeness (QED) is 0.241. The Labute approximate surface area is 189 Å². The summed E-state index contributed by atoms with van der Waals surface area (Å²) in [7, 11) is 0. The molecule has 174 valence electrons. The molecule has 0 aromatic carbocycles. The molecule has 4 rings (SSSR count). The second-order valence-corrected chi connectivity index (χ2v) is 12.8. The van der Waals surface area contributed by atoms with Gasteiger partial charge in [-0.05, 0) is 96.8 Å². The molecule has 0 spiro atoms. The first-order valence-electron chi connectivity index (χ1n) is 13.3. The van der Waals surface area contributed by atoms with Crippen LogP contribution in [0.4, 0.5) is 0 Å². The summed E-state index contributed by atoms with van der Waals surface area (Å²) in [5.74, 6) is 5.09. The second kappa shape index (κ2) is 8.73. The van der Waals surface area contributed by atoms with E-state index in [1.54, 1.807) is 0 Å². The molecule has 4 heteroatoms. The molecule has 0 saturated heterocycles. The van der Waals surface area contributed by atoms with Gasteiger partial charge in [-0.25, -0.2) is 0 Å². The van der Waals surface area contributed by atoms with E-state index in [-0.39, 0.29) is 17.4 Å². The van der Waals surface area contributed by atoms with Crippen LogP contribution in [0.1, 0.15) is 105 Å². The first-order chi connectivity index (χ1) is 14.7. The number of carbonyl (C=O) groups is 1. The summed E-state index contributed by atoms with van der Waals surface area (Å²) < 4.78 is 0. The minimum atomic E-state index is 0.0278. The standard InChI is InChI=1S/C27H45N3O/c1-17(2)7-6-8-18(3)21-9-10-22-20-16-25(31)24-15-19(29-30-28)11-13-27(24,5)23(20)12-14-26(21,22)4/h17-24H,6-16H2,1-5H3/t18-,19?,20+,21-,22+,23+,24?,26-,27-/m1/s1. The number of fused-ring (bicyclic) bond motifs is 5. The molecule has 4 nitrogen and oxygen atoms in total. The van der Waals surface area contributed by atoms with Crippen LogP contribution >= 0.6 is 0 Å². The van der Waals surface area contributed by atoms with Gasteiger partial charge in [0, 0.05) is 23.3 Å². The van der Waals surface area contributed by atoms with Gasteiger partial charge in [0.15, 0.2) is 0 Å². The number of hydrogen-bond acceptors (Lipinski definition) is 2. The maximum absolute atomic E-state index is 13.4. The Kier molecular flexibility index (Phi) is 6.52. The van der Waals surface area contributed by atoms with Gasteiger partial charge in [0.25, 0.3) is 0 Å². The fourth-order valence-corrected chi connectivity index (χ4v) is 9.22. The van der Waals surface area contributed by atoms with Gasteiger partial charge in [-0.1, -0.05) is 59.0 Å². The van der Waals surface area contributed by atoms with Crippen molar-refractivity contribution < 1.29 is 4.79 Å². The largest absolute Gasteiger partial charge is 0.299 e. The molecular weight excluding hydrogens is 382 g/mol. The Morgan fingerprint density at radius 3 is 2.45 bits per heavy atom. The number of azide groups is 1. The summed E-state index contributed by atoms with van der Waals surface area (Å²) in [4.78, 5) is 16.5. The molecule has 4 saturated carbocycles. The fourth-order valence-electron chi connectivity index (χ4n) is 9.22. The van der Waals surface area contributed by atoms with Crippen molar-refractivity contribution in [2.24, 2.45) is 57.4 Å². The Morgan fingerprint density at radius 2 is 1.74 bits per heavy atom. The Bertz CT molecular complexity index is 728. The molecule has 0 radical (unpaired) electrons. The van der Waals surface area contributed by atoms with E-state index in [0.29, 0.717) is 23.0 Å². The number of rotatable bonds is 6. The van der Waals surface area contributed by atoms with Crippen LogP contribution in [0.5, 0.6) is 0 Å². The van der Waals surface area contributed by atoms with Crippen molar-refractivity contribution in [2.75, 3.05) is 0 Å². The lowest BCUT2D eigenvalue weighted by Gasteiger charge is -2.60. The van der Waals surface area contributed by atoms with Gasteiger partial charge in [-0.2, -0.15) is 0 Å². The zero-order valence-electron chi connectivity index (χ0n) is 20.6. The number of carbonyl (C=O) groups excluding carboxylic acids is 1. The highest BCUT2D eigenvalue weighted by Crippen LogP contribution is 2.68. The smallest absolute Gasteiger partial charge is 0.136 e. The Hall–Kier alpha value is -1.02.